The van der Waals surface area contributed by atoms with Gasteiger partial charge in [-0.25, -0.2) is 0 Å². The molecule has 4 nitrogen and oxygen atoms in total. The van der Waals surface area contributed by atoms with Gasteiger partial charge in [-0.15, -0.1) is 0 Å². The number of aliphatic hydroxyl groups is 1. The van der Waals surface area contributed by atoms with Crippen LogP contribution < -0.4 is 0 Å². The van der Waals surface area contributed by atoms with Crippen LogP contribution in [0.3, 0.4) is 0 Å². The first-order chi connectivity index (χ1) is 12.8. The molecule has 136 valence electrons. The molecule has 1 saturated heterocycles. The van der Waals surface area contributed by atoms with Gasteiger partial charge in [0.2, 0.25) is 5.91 Å². The summed E-state index contributed by atoms with van der Waals surface area (Å²) in [6.07, 6.45) is 9.64. The van der Waals surface area contributed by atoms with Crippen molar-refractivity contribution < 1.29 is 9.90 Å². The second-order valence-electron chi connectivity index (χ2n) is 7.79. The maximum atomic E-state index is 12.9. The SMILES string of the molecule is N#C[C@H]1[C@@H](c2ccccc2C2=CCCC2)[C@@H](CO)N1C(=O)C1CCCC1. The zero-order valence-electron chi connectivity index (χ0n) is 15.1. The summed E-state index contributed by atoms with van der Waals surface area (Å²) in [6.45, 7) is -0.0886. The van der Waals surface area contributed by atoms with Crippen molar-refractivity contribution in [3.8, 4) is 6.07 Å². The Labute approximate surface area is 155 Å². The summed E-state index contributed by atoms with van der Waals surface area (Å²) in [7, 11) is 0. The summed E-state index contributed by atoms with van der Waals surface area (Å²) in [5.41, 5.74) is 3.65. The van der Waals surface area contributed by atoms with E-state index in [1.165, 1.54) is 17.6 Å². The Kier molecular flexibility index (Phi) is 4.82. The molecule has 1 aliphatic heterocycles. The predicted octanol–water partition coefficient (Wildman–Crippen LogP) is 3.62. The molecule has 1 saturated carbocycles. The van der Waals surface area contributed by atoms with E-state index in [-0.39, 0.29) is 30.4 Å². The number of carbonyl (C=O) groups is 1. The number of benzene rings is 1. The second kappa shape index (κ2) is 7.25. The van der Waals surface area contributed by atoms with E-state index in [9.17, 15) is 15.2 Å². The van der Waals surface area contributed by atoms with E-state index in [2.05, 4.69) is 24.3 Å². The molecule has 4 heteroatoms. The van der Waals surface area contributed by atoms with Crippen LogP contribution in [0.4, 0.5) is 0 Å². The third-order valence-electron chi connectivity index (χ3n) is 6.40. The molecule has 4 rings (SSSR count). The van der Waals surface area contributed by atoms with E-state index in [1.54, 1.807) is 4.90 Å². The van der Waals surface area contributed by atoms with Gasteiger partial charge in [0.05, 0.1) is 18.7 Å². The standard InChI is InChI=1S/C22H26N2O2/c23-13-19-21(18-12-6-5-11-17(18)15-7-1-2-8-15)20(14-25)24(19)22(26)16-9-3-4-10-16/h5-7,11-12,16,19-21,25H,1-4,8-10,14H2/t19-,20+,21+/m0/s1. The smallest absolute Gasteiger partial charge is 0.227 e. The predicted molar refractivity (Wildman–Crippen MR) is 100 cm³/mol. The fourth-order valence-corrected chi connectivity index (χ4v) is 5.06. The highest BCUT2D eigenvalue weighted by atomic mass is 16.3. The highest BCUT2D eigenvalue weighted by Gasteiger charge is 2.53. The van der Waals surface area contributed by atoms with Crippen molar-refractivity contribution in [3.05, 3.63) is 41.5 Å². The molecular formula is C22H26N2O2. The maximum absolute atomic E-state index is 12.9. The molecule has 2 aliphatic carbocycles. The van der Waals surface area contributed by atoms with Gasteiger partial charge in [0.1, 0.15) is 6.04 Å². The molecule has 3 atom stereocenters. The summed E-state index contributed by atoms with van der Waals surface area (Å²) in [5, 5.41) is 19.8. The van der Waals surface area contributed by atoms with Crippen molar-refractivity contribution in [1.29, 1.82) is 5.26 Å². The quantitative estimate of drug-likeness (QED) is 0.902. The second-order valence-corrected chi connectivity index (χ2v) is 7.79. The summed E-state index contributed by atoms with van der Waals surface area (Å²) in [5.74, 6) is 0.00333. The Morgan fingerprint density at radius 2 is 2.00 bits per heavy atom. The molecule has 3 aliphatic rings. The van der Waals surface area contributed by atoms with Gasteiger partial charge in [-0.3, -0.25) is 4.79 Å². The number of allylic oxidation sites excluding steroid dienone is 2. The zero-order chi connectivity index (χ0) is 18.1. The lowest BCUT2D eigenvalue weighted by Gasteiger charge is -2.53. The van der Waals surface area contributed by atoms with E-state index in [1.807, 2.05) is 12.1 Å². The average molecular weight is 350 g/mol. The molecule has 1 N–H and O–H groups in total. The van der Waals surface area contributed by atoms with Crippen LogP contribution >= 0.6 is 0 Å². The third-order valence-corrected chi connectivity index (χ3v) is 6.40. The molecular weight excluding hydrogens is 324 g/mol. The number of amides is 1. The van der Waals surface area contributed by atoms with Crippen molar-refractivity contribution in [2.45, 2.75) is 62.9 Å². The van der Waals surface area contributed by atoms with Crippen molar-refractivity contribution in [2.24, 2.45) is 5.92 Å². The minimum absolute atomic E-state index is 0.0358. The number of hydrogen-bond acceptors (Lipinski definition) is 3. The van der Waals surface area contributed by atoms with Gasteiger partial charge in [0.15, 0.2) is 0 Å². The summed E-state index contributed by atoms with van der Waals surface area (Å²) in [4.78, 5) is 14.6. The first-order valence-electron chi connectivity index (χ1n) is 9.87. The van der Waals surface area contributed by atoms with E-state index in [0.717, 1.165) is 44.1 Å². The van der Waals surface area contributed by atoms with Crippen molar-refractivity contribution in [2.75, 3.05) is 6.61 Å². The van der Waals surface area contributed by atoms with E-state index in [0.29, 0.717) is 0 Å². The normalized spacial score (nSPS) is 28.5. The van der Waals surface area contributed by atoms with Gasteiger partial charge in [-0.05, 0) is 48.8 Å². The van der Waals surface area contributed by atoms with Crippen molar-refractivity contribution in [3.63, 3.8) is 0 Å². The molecule has 1 amide bonds. The molecule has 1 aromatic rings. The van der Waals surface area contributed by atoms with Gasteiger partial charge >= 0.3 is 0 Å². The molecule has 0 aromatic heterocycles. The first kappa shape index (κ1) is 17.3. The largest absolute Gasteiger partial charge is 0.394 e. The highest BCUT2D eigenvalue weighted by molar-refractivity contribution is 5.82. The minimum atomic E-state index is -0.469. The number of carbonyl (C=O) groups excluding carboxylic acids is 1. The van der Waals surface area contributed by atoms with Gasteiger partial charge in [-0.1, -0.05) is 43.2 Å². The van der Waals surface area contributed by atoms with Crippen LogP contribution in [0.15, 0.2) is 30.3 Å². The number of likely N-dealkylation sites (tertiary alicyclic amines) is 1. The Hall–Kier alpha value is -2.12. The van der Waals surface area contributed by atoms with Crippen molar-refractivity contribution in [1.82, 2.24) is 4.90 Å². The third kappa shape index (κ3) is 2.75. The molecule has 0 bridgehead atoms. The monoisotopic (exact) mass is 350 g/mol. The molecule has 0 spiro atoms. The lowest BCUT2D eigenvalue weighted by molar-refractivity contribution is -0.151. The van der Waals surface area contributed by atoms with Crippen molar-refractivity contribution >= 4 is 11.5 Å². The van der Waals surface area contributed by atoms with Crippen LogP contribution in [0.25, 0.3) is 5.57 Å². The van der Waals surface area contributed by atoms with Gasteiger partial charge in [0.25, 0.3) is 0 Å². The van der Waals surface area contributed by atoms with E-state index in [4.69, 9.17) is 0 Å². The number of nitrogens with zero attached hydrogens (tertiary/aromatic N) is 2. The minimum Gasteiger partial charge on any atom is -0.394 e. The molecule has 0 unspecified atom stereocenters. The number of nitriles is 1. The topological polar surface area (TPSA) is 64.3 Å². The van der Waals surface area contributed by atoms with Gasteiger partial charge in [-0.2, -0.15) is 5.26 Å². The average Bonchev–Trinajstić information content (AvgIpc) is 3.36. The summed E-state index contributed by atoms with van der Waals surface area (Å²) < 4.78 is 0. The maximum Gasteiger partial charge on any atom is 0.227 e. The first-order valence-corrected chi connectivity index (χ1v) is 9.87. The fraction of sp³-hybridized carbons (Fsp3) is 0.545. The van der Waals surface area contributed by atoms with Crippen LogP contribution in [0, 0.1) is 17.2 Å². The van der Waals surface area contributed by atoms with Crippen LogP contribution in [0.1, 0.15) is 62.0 Å². The molecule has 2 fully saturated rings. The molecule has 0 radical (unpaired) electrons. The molecule has 1 aromatic carbocycles. The summed E-state index contributed by atoms with van der Waals surface area (Å²) in [6, 6.07) is 9.84. The lowest BCUT2D eigenvalue weighted by Crippen LogP contribution is -2.66. The van der Waals surface area contributed by atoms with Crippen LogP contribution in [0.5, 0.6) is 0 Å². The zero-order valence-corrected chi connectivity index (χ0v) is 15.1. The van der Waals surface area contributed by atoms with E-state index >= 15 is 0 Å². The molecule has 26 heavy (non-hydrogen) atoms. The van der Waals surface area contributed by atoms with Gasteiger partial charge < -0.3 is 10.0 Å². The Morgan fingerprint density at radius 3 is 2.65 bits per heavy atom. The van der Waals surface area contributed by atoms with E-state index < -0.39 is 6.04 Å². The van der Waals surface area contributed by atoms with Gasteiger partial charge in [0, 0.05) is 11.8 Å². The Morgan fingerprint density at radius 1 is 1.23 bits per heavy atom. The fourth-order valence-electron chi connectivity index (χ4n) is 5.06. The summed E-state index contributed by atoms with van der Waals surface area (Å²) >= 11 is 0. The molecule has 1 heterocycles. The lowest BCUT2D eigenvalue weighted by atomic mass is 9.72. The number of hydrogen-bond donors (Lipinski definition) is 1. The Balaban J connectivity index is 1.65. The van der Waals surface area contributed by atoms with Crippen LogP contribution in [-0.4, -0.2) is 34.6 Å². The van der Waals surface area contributed by atoms with Crippen LogP contribution in [-0.2, 0) is 4.79 Å². The number of rotatable bonds is 4. The van der Waals surface area contributed by atoms with Crippen LogP contribution in [0.2, 0.25) is 0 Å². The number of aliphatic hydroxyl groups excluding tert-OH is 1. The highest BCUT2D eigenvalue weighted by Crippen LogP contribution is 2.45. The Bertz CT molecular complexity index is 758.